The van der Waals surface area contributed by atoms with E-state index < -0.39 is 12.1 Å². The molecule has 1 amide bonds. The summed E-state index contributed by atoms with van der Waals surface area (Å²) in [5.74, 6) is -0.0476. The van der Waals surface area contributed by atoms with Gasteiger partial charge in [0.15, 0.2) is 0 Å². The molecule has 0 saturated heterocycles. The molecule has 6 nitrogen and oxygen atoms in total. The molecule has 0 spiro atoms. The van der Waals surface area contributed by atoms with Gasteiger partial charge in [-0.15, -0.1) is 0 Å². The third kappa shape index (κ3) is 80.4. The topological polar surface area (TPSA) is 95.9 Å². The molecule has 0 aliphatic heterocycles. The molecule has 3 N–H and O–H groups in total. The van der Waals surface area contributed by atoms with Crippen molar-refractivity contribution in [3.63, 3.8) is 0 Å². The molecule has 0 aromatic carbocycles. The van der Waals surface area contributed by atoms with E-state index in [4.69, 9.17) is 4.74 Å². The predicted octanol–water partition coefficient (Wildman–Crippen LogP) is 28.9. The summed E-state index contributed by atoms with van der Waals surface area (Å²) in [5.41, 5.74) is 0. The van der Waals surface area contributed by atoms with Gasteiger partial charge >= 0.3 is 5.97 Å². The van der Waals surface area contributed by atoms with Crippen LogP contribution in [0.2, 0.25) is 0 Å². The van der Waals surface area contributed by atoms with Crippen LogP contribution in [0.3, 0.4) is 0 Å². The number of aliphatic hydroxyl groups excluding tert-OH is 2. The first-order valence-corrected chi connectivity index (χ1v) is 43.1. The molecule has 0 aromatic heterocycles. The van der Waals surface area contributed by atoms with Crippen molar-refractivity contribution in [3.8, 4) is 0 Å². The largest absolute Gasteiger partial charge is 0.466 e. The molecule has 2 atom stereocenters. The Morgan fingerprint density at radius 3 is 0.821 bits per heavy atom. The average Bonchev–Trinajstić information content (AvgIpc) is 3.51. The van der Waals surface area contributed by atoms with Gasteiger partial charge in [0.1, 0.15) is 0 Å². The molecular formula is C89H167NO5. The molecule has 0 aliphatic rings. The van der Waals surface area contributed by atoms with E-state index in [1.807, 2.05) is 6.08 Å². The number of rotatable bonds is 81. The number of ether oxygens (including phenoxy) is 1. The van der Waals surface area contributed by atoms with Gasteiger partial charge in [0, 0.05) is 12.8 Å². The van der Waals surface area contributed by atoms with Crippen molar-refractivity contribution >= 4 is 11.9 Å². The molecule has 0 fully saturated rings. The van der Waals surface area contributed by atoms with Crippen molar-refractivity contribution in [1.29, 1.82) is 0 Å². The zero-order valence-electron chi connectivity index (χ0n) is 64.2. The van der Waals surface area contributed by atoms with Crippen LogP contribution in [0, 0.1) is 0 Å². The van der Waals surface area contributed by atoms with E-state index in [-0.39, 0.29) is 18.5 Å². The van der Waals surface area contributed by atoms with Crippen LogP contribution >= 0.6 is 0 Å². The van der Waals surface area contributed by atoms with Crippen LogP contribution < -0.4 is 5.32 Å². The van der Waals surface area contributed by atoms with Crippen molar-refractivity contribution < 1.29 is 24.5 Å². The van der Waals surface area contributed by atoms with E-state index in [2.05, 4.69) is 67.8 Å². The number of carbonyl (C=O) groups is 2. The molecule has 0 saturated carbocycles. The van der Waals surface area contributed by atoms with E-state index in [9.17, 15) is 19.8 Å². The summed E-state index contributed by atoms with van der Waals surface area (Å²) in [5, 5.41) is 23.3. The number of esters is 1. The molecular weight excluding hydrogens is 1160 g/mol. The summed E-state index contributed by atoms with van der Waals surface area (Å²) >= 11 is 0. The Morgan fingerprint density at radius 1 is 0.295 bits per heavy atom. The maximum atomic E-state index is 12.6. The highest BCUT2D eigenvalue weighted by molar-refractivity contribution is 5.76. The second-order valence-electron chi connectivity index (χ2n) is 29.5. The Hall–Kier alpha value is -2.44. The van der Waals surface area contributed by atoms with E-state index in [1.54, 1.807) is 6.08 Å². The molecule has 0 aromatic rings. The summed E-state index contributed by atoms with van der Waals surface area (Å²) < 4.78 is 5.51. The lowest BCUT2D eigenvalue weighted by Gasteiger charge is -2.20. The number of unbranched alkanes of at least 4 members (excludes halogenated alkanes) is 62. The SMILES string of the molecule is CCCCC/C=C\C/C=C\CCCCCCCCCC(=O)OCCCCCCCCCCCCCCCCC/C=C\C/C=C\CCCCCCCCCCCCCCCCCCCC(=O)NC(CO)C(O)/C=C/CCCCCCCCCCCCCCCCCCCCCC. The molecule has 558 valence electrons. The van der Waals surface area contributed by atoms with Gasteiger partial charge in [0.25, 0.3) is 0 Å². The van der Waals surface area contributed by atoms with Gasteiger partial charge in [-0.05, 0) is 96.3 Å². The summed E-state index contributed by atoms with van der Waals surface area (Å²) in [6, 6.07) is -0.628. The van der Waals surface area contributed by atoms with Gasteiger partial charge in [-0.3, -0.25) is 9.59 Å². The lowest BCUT2D eigenvalue weighted by atomic mass is 10.0. The first-order valence-electron chi connectivity index (χ1n) is 43.1. The maximum absolute atomic E-state index is 12.6. The van der Waals surface area contributed by atoms with Gasteiger partial charge in [0.05, 0.1) is 25.4 Å². The second kappa shape index (κ2) is 84.0. The minimum Gasteiger partial charge on any atom is -0.466 e. The Morgan fingerprint density at radius 2 is 0.526 bits per heavy atom. The zero-order valence-corrected chi connectivity index (χ0v) is 64.2. The normalized spacial score (nSPS) is 12.8. The predicted molar refractivity (Wildman–Crippen MR) is 421 cm³/mol. The zero-order chi connectivity index (χ0) is 68.4. The third-order valence-corrected chi connectivity index (χ3v) is 20.0. The molecule has 0 radical (unpaired) electrons. The fraction of sp³-hybridized carbons (Fsp3) is 0.865. The maximum Gasteiger partial charge on any atom is 0.305 e. The van der Waals surface area contributed by atoms with E-state index in [0.29, 0.717) is 19.4 Å². The van der Waals surface area contributed by atoms with Crippen molar-refractivity contribution in [3.05, 3.63) is 60.8 Å². The van der Waals surface area contributed by atoms with Gasteiger partial charge in [0.2, 0.25) is 5.91 Å². The summed E-state index contributed by atoms with van der Waals surface area (Å²) in [6.45, 7) is 4.92. The van der Waals surface area contributed by atoms with Crippen LogP contribution in [0.5, 0.6) is 0 Å². The fourth-order valence-corrected chi connectivity index (χ4v) is 13.5. The van der Waals surface area contributed by atoms with Crippen LogP contribution in [0.15, 0.2) is 60.8 Å². The first-order chi connectivity index (χ1) is 47.0. The minimum atomic E-state index is -0.845. The number of aliphatic hydroxyl groups is 2. The van der Waals surface area contributed by atoms with Crippen molar-refractivity contribution in [2.45, 2.75) is 482 Å². The Bertz CT molecular complexity index is 1630. The molecule has 0 aliphatic carbocycles. The number of allylic oxidation sites excluding steroid dienone is 9. The van der Waals surface area contributed by atoms with Gasteiger partial charge in [-0.25, -0.2) is 0 Å². The first kappa shape index (κ1) is 92.6. The highest BCUT2D eigenvalue weighted by Gasteiger charge is 2.18. The minimum absolute atomic E-state index is 0.0128. The Labute approximate surface area is 594 Å². The Balaban J connectivity index is 3.38. The lowest BCUT2D eigenvalue weighted by Crippen LogP contribution is -2.45. The molecule has 0 rings (SSSR count). The summed E-state index contributed by atoms with van der Waals surface area (Å²) in [4.78, 5) is 24.7. The summed E-state index contributed by atoms with van der Waals surface area (Å²) in [7, 11) is 0. The summed E-state index contributed by atoms with van der Waals surface area (Å²) in [6.07, 6.45) is 114. The molecule has 0 heterocycles. The van der Waals surface area contributed by atoms with E-state index >= 15 is 0 Å². The number of hydrogen-bond donors (Lipinski definition) is 3. The number of amides is 1. The van der Waals surface area contributed by atoms with Gasteiger partial charge in [-0.1, -0.05) is 421 Å². The van der Waals surface area contributed by atoms with E-state index in [0.717, 1.165) is 57.8 Å². The van der Waals surface area contributed by atoms with Gasteiger partial charge < -0.3 is 20.3 Å². The number of hydrogen-bond acceptors (Lipinski definition) is 5. The monoisotopic (exact) mass is 1330 g/mol. The smallest absolute Gasteiger partial charge is 0.305 e. The van der Waals surface area contributed by atoms with Gasteiger partial charge in [-0.2, -0.15) is 0 Å². The van der Waals surface area contributed by atoms with Crippen LogP contribution in [-0.2, 0) is 14.3 Å². The van der Waals surface area contributed by atoms with Crippen LogP contribution in [0.1, 0.15) is 470 Å². The highest BCUT2D eigenvalue weighted by atomic mass is 16.5. The number of nitrogens with one attached hydrogen (secondary N) is 1. The van der Waals surface area contributed by atoms with Crippen LogP contribution in [0.25, 0.3) is 0 Å². The van der Waals surface area contributed by atoms with Crippen LogP contribution in [-0.4, -0.2) is 47.4 Å². The second-order valence-corrected chi connectivity index (χ2v) is 29.5. The highest BCUT2D eigenvalue weighted by Crippen LogP contribution is 2.20. The fourth-order valence-electron chi connectivity index (χ4n) is 13.5. The third-order valence-electron chi connectivity index (χ3n) is 20.0. The van der Waals surface area contributed by atoms with Crippen molar-refractivity contribution in [2.75, 3.05) is 13.2 Å². The lowest BCUT2D eigenvalue weighted by molar-refractivity contribution is -0.143. The standard InChI is InChI=1S/C89H167NO5/c1-3-5-7-9-11-13-15-17-19-21-22-23-43-46-50-53-57-61-65-69-73-77-81-87(92)86(85-91)90-88(93)82-78-74-70-66-62-58-54-51-47-44-41-39-37-35-33-31-29-27-25-24-26-28-30-32-34-36-38-40-42-45-48-52-56-60-64-68-72-76-80-84-95-89(94)83-79-75-71-67-63-59-55-49-20-18-16-14-12-10-8-6-4-2/h12,14,18,20,24-25,28,30,77,81,86-87,91-92H,3-11,13,15-17,19,21-23,26-27,29,31-76,78-80,82-85H2,1-2H3,(H,90,93)/b14-12-,20-18-,25-24-,30-28-,81-77+. The Kier molecular flexibility index (Phi) is 81.8. The van der Waals surface area contributed by atoms with Crippen molar-refractivity contribution in [2.24, 2.45) is 0 Å². The quantitative estimate of drug-likeness (QED) is 0.0320. The van der Waals surface area contributed by atoms with Crippen LogP contribution in [0.4, 0.5) is 0 Å². The molecule has 95 heavy (non-hydrogen) atoms. The van der Waals surface area contributed by atoms with Crippen molar-refractivity contribution in [1.82, 2.24) is 5.32 Å². The molecule has 6 heteroatoms. The molecule has 0 bridgehead atoms. The van der Waals surface area contributed by atoms with E-state index in [1.165, 1.54) is 385 Å². The molecule has 2 unspecified atom stereocenters. The average molecular weight is 1330 g/mol. The number of carbonyl (C=O) groups excluding carboxylic acids is 2.